The first-order chi connectivity index (χ1) is 9.69. The fourth-order valence-electron chi connectivity index (χ4n) is 2.09. The molecular weight excluding hydrogens is 250 g/mol. The Kier molecular flexibility index (Phi) is 7.77. The standard InChI is InChI=1S/C15H29N5/c1-4-7-8-12(6-3)11-18-14-10-13(17-9-5-2)19-15(16)20-14/h10,12H,4-9,11H2,1-3H3,(H4,16,17,18,19,20). The largest absolute Gasteiger partial charge is 0.370 e. The average molecular weight is 279 g/mol. The molecule has 5 heteroatoms. The van der Waals surface area contributed by atoms with Gasteiger partial charge in [0.25, 0.3) is 0 Å². The number of anilines is 3. The molecule has 0 aromatic carbocycles. The molecule has 1 aromatic rings. The van der Waals surface area contributed by atoms with E-state index in [1.165, 1.54) is 25.7 Å². The monoisotopic (exact) mass is 279 g/mol. The van der Waals surface area contributed by atoms with Gasteiger partial charge >= 0.3 is 0 Å². The Balaban J connectivity index is 2.55. The van der Waals surface area contributed by atoms with Gasteiger partial charge in [0.2, 0.25) is 5.95 Å². The lowest BCUT2D eigenvalue weighted by Crippen LogP contribution is -2.15. The van der Waals surface area contributed by atoms with Crippen LogP contribution in [0.4, 0.5) is 17.6 Å². The summed E-state index contributed by atoms with van der Waals surface area (Å²) in [6, 6.07) is 1.93. The maximum absolute atomic E-state index is 5.75. The summed E-state index contributed by atoms with van der Waals surface area (Å²) in [6.45, 7) is 8.43. The van der Waals surface area contributed by atoms with E-state index in [1.807, 2.05) is 6.07 Å². The SMILES string of the molecule is CCCCC(CC)CNc1cc(NCCC)nc(N)n1. The third kappa shape index (κ3) is 6.08. The fraction of sp³-hybridized carbons (Fsp3) is 0.733. The number of nitrogens with zero attached hydrogens (tertiary/aromatic N) is 2. The number of hydrogen-bond acceptors (Lipinski definition) is 5. The van der Waals surface area contributed by atoms with Crippen molar-refractivity contribution in [1.82, 2.24) is 9.97 Å². The lowest BCUT2D eigenvalue weighted by atomic mass is 9.99. The molecule has 0 radical (unpaired) electrons. The highest BCUT2D eigenvalue weighted by atomic mass is 15.1. The summed E-state index contributed by atoms with van der Waals surface area (Å²) in [4.78, 5) is 8.43. The van der Waals surface area contributed by atoms with Crippen LogP contribution in [0.1, 0.15) is 52.9 Å². The lowest BCUT2D eigenvalue weighted by molar-refractivity contribution is 0.472. The van der Waals surface area contributed by atoms with Crippen molar-refractivity contribution in [1.29, 1.82) is 0 Å². The Morgan fingerprint density at radius 3 is 2.40 bits per heavy atom. The van der Waals surface area contributed by atoms with Crippen LogP contribution in [0.15, 0.2) is 6.07 Å². The summed E-state index contributed by atoms with van der Waals surface area (Å²) >= 11 is 0. The molecule has 1 atom stereocenters. The smallest absolute Gasteiger partial charge is 0.223 e. The van der Waals surface area contributed by atoms with Crippen LogP contribution in [0.2, 0.25) is 0 Å². The number of hydrogen-bond donors (Lipinski definition) is 3. The first-order valence-electron chi connectivity index (χ1n) is 7.81. The summed E-state index contributed by atoms with van der Waals surface area (Å²) in [5.41, 5.74) is 5.75. The zero-order chi connectivity index (χ0) is 14.8. The maximum atomic E-state index is 5.75. The fourth-order valence-corrected chi connectivity index (χ4v) is 2.09. The van der Waals surface area contributed by atoms with Crippen molar-refractivity contribution < 1.29 is 0 Å². The second kappa shape index (κ2) is 9.39. The minimum absolute atomic E-state index is 0.315. The van der Waals surface area contributed by atoms with E-state index in [4.69, 9.17) is 5.73 Å². The van der Waals surface area contributed by atoms with Crippen molar-refractivity contribution in [2.45, 2.75) is 52.9 Å². The van der Waals surface area contributed by atoms with Crippen LogP contribution in [-0.2, 0) is 0 Å². The third-order valence-corrected chi connectivity index (χ3v) is 3.41. The molecule has 0 saturated carbocycles. The predicted octanol–water partition coefficient (Wildman–Crippen LogP) is 3.51. The van der Waals surface area contributed by atoms with Crippen LogP contribution in [0, 0.1) is 5.92 Å². The van der Waals surface area contributed by atoms with Gasteiger partial charge in [0.1, 0.15) is 11.6 Å². The van der Waals surface area contributed by atoms with Crippen molar-refractivity contribution in [3.63, 3.8) is 0 Å². The molecule has 0 aliphatic heterocycles. The van der Waals surface area contributed by atoms with Gasteiger partial charge in [-0.25, -0.2) is 0 Å². The molecule has 114 valence electrons. The topological polar surface area (TPSA) is 75.9 Å². The van der Waals surface area contributed by atoms with Crippen LogP contribution < -0.4 is 16.4 Å². The van der Waals surface area contributed by atoms with Gasteiger partial charge in [0, 0.05) is 19.2 Å². The molecule has 0 aliphatic carbocycles. The second-order valence-corrected chi connectivity index (χ2v) is 5.22. The highest BCUT2D eigenvalue weighted by Gasteiger charge is 2.07. The zero-order valence-electron chi connectivity index (χ0n) is 13.1. The van der Waals surface area contributed by atoms with Crippen molar-refractivity contribution in [3.05, 3.63) is 6.07 Å². The maximum Gasteiger partial charge on any atom is 0.223 e. The van der Waals surface area contributed by atoms with E-state index < -0.39 is 0 Å². The van der Waals surface area contributed by atoms with E-state index in [0.717, 1.165) is 31.1 Å². The molecule has 0 saturated heterocycles. The summed E-state index contributed by atoms with van der Waals surface area (Å²) in [5, 5.41) is 6.63. The van der Waals surface area contributed by atoms with Gasteiger partial charge in [-0.2, -0.15) is 9.97 Å². The summed E-state index contributed by atoms with van der Waals surface area (Å²) in [7, 11) is 0. The van der Waals surface area contributed by atoms with Gasteiger partial charge in [0.15, 0.2) is 0 Å². The zero-order valence-corrected chi connectivity index (χ0v) is 13.1. The Hall–Kier alpha value is -1.52. The molecule has 0 amide bonds. The summed E-state index contributed by atoms with van der Waals surface area (Å²) in [6.07, 6.45) is 6.05. The number of nitrogens with one attached hydrogen (secondary N) is 2. The van der Waals surface area contributed by atoms with Crippen LogP contribution in [0.25, 0.3) is 0 Å². The molecule has 0 spiro atoms. The second-order valence-electron chi connectivity index (χ2n) is 5.22. The number of nitrogens with two attached hydrogens (primary N) is 1. The summed E-state index contributed by atoms with van der Waals surface area (Å²) in [5.74, 6) is 2.61. The molecule has 5 nitrogen and oxygen atoms in total. The van der Waals surface area contributed by atoms with Gasteiger partial charge in [-0.15, -0.1) is 0 Å². The molecule has 0 aliphatic rings. The van der Waals surface area contributed by atoms with Crippen LogP contribution in [0.3, 0.4) is 0 Å². The predicted molar refractivity (Wildman–Crippen MR) is 87.0 cm³/mol. The lowest BCUT2D eigenvalue weighted by Gasteiger charge is -2.16. The van der Waals surface area contributed by atoms with E-state index in [-0.39, 0.29) is 0 Å². The van der Waals surface area contributed by atoms with Crippen molar-refractivity contribution in [2.24, 2.45) is 5.92 Å². The van der Waals surface area contributed by atoms with Gasteiger partial charge in [0.05, 0.1) is 0 Å². The van der Waals surface area contributed by atoms with Crippen LogP contribution in [-0.4, -0.2) is 23.1 Å². The average Bonchev–Trinajstić information content (AvgIpc) is 2.45. The Labute approximate surface area is 122 Å². The van der Waals surface area contributed by atoms with E-state index in [0.29, 0.717) is 11.9 Å². The molecule has 20 heavy (non-hydrogen) atoms. The van der Waals surface area contributed by atoms with Gasteiger partial charge in [-0.05, 0) is 18.8 Å². The minimum atomic E-state index is 0.315. The van der Waals surface area contributed by atoms with E-state index in [2.05, 4.69) is 41.4 Å². The minimum Gasteiger partial charge on any atom is -0.370 e. The Morgan fingerprint density at radius 2 is 1.80 bits per heavy atom. The van der Waals surface area contributed by atoms with Crippen molar-refractivity contribution in [2.75, 3.05) is 29.5 Å². The first kappa shape index (κ1) is 16.5. The number of aromatic nitrogens is 2. The van der Waals surface area contributed by atoms with Crippen LogP contribution in [0.5, 0.6) is 0 Å². The molecule has 1 heterocycles. The summed E-state index contributed by atoms with van der Waals surface area (Å²) < 4.78 is 0. The van der Waals surface area contributed by atoms with E-state index >= 15 is 0 Å². The molecule has 1 rings (SSSR count). The highest BCUT2D eigenvalue weighted by Crippen LogP contribution is 2.16. The van der Waals surface area contributed by atoms with E-state index in [9.17, 15) is 0 Å². The molecular formula is C15H29N5. The van der Waals surface area contributed by atoms with Crippen molar-refractivity contribution in [3.8, 4) is 0 Å². The van der Waals surface area contributed by atoms with Crippen molar-refractivity contribution >= 4 is 17.6 Å². The Bertz CT molecular complexity index is 381. The molecule has 0 fully saturated rings. The van der Waals surface area contributed by atoms with Gasteiger partial charge < -0.3 is 16.4 Å². The van der Waals surface area contributed by atoms with Gasteiger partial charge in [-0.1, -0.05) is 40.0 Å². The normalized spacial score (nSPS) is 12.2. The highest BCUT2D eigenvalue weighted by molar-refractivity contribution is 5.50. The number of unbranched alkanes of at least 4 members (excludes halogenated alkanes) is 1. The molecule has 1 unspecified atom stereocenters. The Morgan fingerprint density at radius 1 is 1.10 bits per heavy atom. The van der Waals surface area contributed by atoms with Gasteiger partial charge in [-0.3, -0.25) is 0 Å². The number of nitrogen functional groups attached to an aromatic ring is 1. The quantitative estimate of drug-likeness (QED) is 0.611. The molecule has 4 N–H and O–H groups in total. The van der Waals surface area contributed by atoms with E-state index in [1.54, 1.807) is 0 Å². The molecule has 0 bridgehead atoms. The first-order valence-corrected chi connectivity index (χ1v) is 7.81. The van der Waals surface area contributed by atoms with Crippen LogP contribution >= 0.6 is 0 Å². The molecule has 1 aromatic heterocycles. The number of rotatable bonds is 10. The third-order valence-electron chi connectivity index (χ3n) is 3.41.